The number of benzene rings is 3. The molecule has 42 nitrogen and oxygen atoms in total. The number of carbonyl (C=O) groups excluding carboxylic acids is 9. The van der Waals surface area contributed by atoms with Gasteiger partial charge in [0, 0.05) is 34.5 Å². The van der Waals surface area contributed by atoms with E-state index in [1.807, 2.05) is 0 Å². The molecule has 606 valence electrons. The summed E-state index contributed by atoms with van der Waals surface area (Å²) in [6, 6.07) is 9.39. The molecule has 3 saturated carbocycles. The normalized spacial score (nSPS) is 37.0. The molecule has 3 amide bonds. The average Bonchev–Trinajstić information content (AvgIpc) is 0.698. The maximum Gasteiger partial charge on any atom is 1.00 e. The molecular formula is C66H75N6NaO36P4. The SMILES string of the molecule is C[C@H]1c2cccc(O)c2C(O)=C2C(=O)[C@]3(O)C(O)=C(C(N)=O)C(=O)[C@@H](N(C)C)[C@@H]3[C@@H](O)[C@@H]21.C[C@H]1c2cccc(O)c2C(O)=C2C(=O)[C@]3(O)C(O)=C(C(N)=O)C(=O)[C@@H](N(C)C)[C@@H]3[C@@H](O)[C@@H]21.C[C@H]1c2cccc(O)c2C(O)=C2C(=O)[C@]3(O)C(O)=C(C(N)=O)C(=O)[C@@H](N(C)C)[C@@H]3[C@@H](O)[C@@H]21.O=P1([O-])OP(=O)(O)OP(=O)(O)OP(=O)(O)O1.[Na+]. The largest absolute Gasteiger partial charge is 1.00 e. The third-order valence-electron chi connectivity index (χ3n) is 21.8. The number of ketones is 6. The molecule has 2 unspecified atom stereocenters. The van der Waals surface area contributed by atoms with Crippen molar-refractivity contribution in [2.75, 3.05) is 42.3 Å². The van der Waals surface area contributed by atoms with Crippen LogP contribution in [0, 0.1) is 35.5 Å². The Hall–Kier alpha value is -8.03. The van der Waals surface area contributed by atoms with E-state index in [1.54, 1.807) is 57.2 Å². The zero-order chi connectivity index (χ0) is 84.4. The number of fused-ring (bicyclic) bond motifs is 9. The van der Waals surface area contributed by atoms with Crippen molar-refractivity contribution >= 4 is 101 Å². The van der Waals surface area contributed by atoms with Gasteiger partial charge in [0.05, 0.1) is 70.9 Å². The van der Waals surface area contributed by atoms with Gasteiger partial charge < -0.3 is 113 Å². The molecular weight excluding hydrogens is 1600 g/mol. The topological polar surface area (TPSA) is 734 Å². The van der Waals surface area contributed by atoms with Crippen molar-refractivity contribution in [1.29, 1.82) is 0 Å². The Morgan fingerprint density at radius 3 is 0.832 bits per heavy atom. The number of Topliss-reactive ketones (excluding diaryl/α,β-unsaturated/α-hetero) is 6. The number of hydrogen-bond donors (Lipinski definition) is 21. The molecule has 0 radical (unpaired) electrons. The predicted molar refractivity (Wildman–Crippen MR) is 372 cm³/mol. The van der Waals surface area contributed by atoms with E-state index in [4.69, 9.17) is 31.9 Å². The summed E-state index contributed by atoms with van der Waals surface area (Å²) in [5.41, 5.74) is 4.41. The second-order valence-electron chi connectivity index (χ2n) is 28.6. The number of phenols is 3. The molecule has 1 saturated heterocycles. The standard InChI is InChI=1S/3C22H24N2O8.Na.H4O12P4/c3*1-7-8-5-4-6-9(25)11(8)16(26)12-10(7)17(27)14-15(24(2)3)18(28)13(21(23)31)20(30)22(14,32)19(12)29;;1-13(2)9-14(3,4)11-16(7,8)12-15(5,6)10-13/h3*4-7,10,14-15,17,25-27,30,32H,1-3H3,(H2,23,31);;(H,1,2)(H,3,4)(H,5,6)(H,7,8)/q;;;+1;/p-1/t3*7-,10+,14+,15-,17-,22-;;/m000../s1. The van der Waals surface area contributed by atoms with Gasteiger partial charge in [-0.25, -0.2) is 22.3 Å². The Labute approximate surface area is 659 Å². The van der Waals surface area contributed by atoms with Crippen LogP contribution in [0.25, 0.3) is 17.3 Å². The third-order valence-corrected chi connectivity index (χ3v) is 28.4. The minimum absolute atomic E-state index is 0. The number of carbonyl (C=O) groups is 9. The number of aliphatic hydroxyl groups excluding tert-OH is 9. The van der Waals surface area contributed by atoms with Crippen LogP contribution in [0.15, 0.2) is 105 Å². The summed E-state index contributed by atoms with van der Waals surface area (Å²) in [6.45, 7) is 5.03. The van der Waals surface area contributed by atoms with Crippen LogP contribution in [0.2, 0.25) is 0 Å². The van der Waals surface area contributed by atoms with Gasteiger partial charge in [0.25, 0.3) is 25.5 Å². The first-order valence-corrected chi connectivity index (χ1v) is 39.0. The number of likely N-dealkylation sites (N-methyl/N-ethyl adjacent to an activating group) is 3. The van der Waals surface area contributed by atoms with Gasteiger partial charge in [0.2, 0.25) is 17.3 Å². The zero-order valence-corrected chi connectivity index (χ0v) is 66.2. The molecule has 20 atom stereocenters. The van der Waals surface area contributed by atoms with Gasteiger partial charge in [-0.2, -0.15) is 8.62 Å². The monoisotopic (exact) mass is 1670 g/mol. The molecule has 0 aromatic heterocycles. The van der Waals surface area contributed by atoms with Crippen LogP contribution >= 0.6 is 31.3 Å². The number of nitrogens with two attached hydrogens (primary N) is 3. The third kappa shape index (κ3) is 13.8. The van der Waals surface area contributed by atoms with E-state index in [2.05, 4.69) is 17.2 Å². The zero-order valence-electron chi connectivity index (χ0n) is 60.6. The molecule has 1 heterocycles. The summed E-state index contributed by atoms with van der Waals surface area (Å²) in [5, 5.41) is 165. The van der Waals surface area contributed by atoms with Crippen molar-refractivity contribution in [3.8, 4) is 17.2 Å². The Morgan fingerprint density at radius 1 is 0.416 bits per heavy atom. The number of aliphatic hydroxyl groups is 12. The van der Waals surface area contributed by atoms with Crippen molar-refractivity contribution in [2.24, 2.45) is 52.7 Å². The summed E-state index contributed by atoms with van der Waals surface area (Å²) < 4.78 is 56.0. The van der Waals surface area contributed by atoms with E-state index < -0.39 is 258 Å². The molecule has 113 heavy (non-hydrogen) atoms. The first kappa shape index (κ1) is 88.9. The predicted octanol–water partition coefficient (Wildman–Crippen LogP) is -4.67. The number of primary amides is 3. The van der Waals surface area contributed by atoms with E-state index in [9.17, 15) is 143 Å². The Bertz CT molecular complexity index is 4600. The average molecular weight is 1680 g/mol. The second-order valence-corrected chi connectivity index (χ2v) is 34.9. The van der Waals surface area contributed by atoms with Crippen molar-refractivity contribution in [1.82, 2.24) is 14.7 Å². The number of nitrogens with zero attached hydrogens (tertiary/aromatic N) is 3. The molecule has 1 aliphatic heterocycles. The summed E-state index contributed by atoms with van der Waals surface area (Å²) in [7, 11) is -13.5. The van der Waals surface area contributed by atoms with Crippen LogP contribution in [0.3, 0.4) is 0 Å². The van der Waals surface area contributed by atoms with Gasteiger partial charge in [0.1, 0.15) is 68.5 Å². The molecule has 10 aliphatic rings. The van der Waals surface area contributed by atoms with E-state index in [1.165, 1.54) is 75.2 Å². The van der Waals surface area contributed by atoms with Crippen molar-refractivity contribution in [3.05, 3.63) is 139 Å². The molecule has 0 bridgehead atoms. The van der Waals surface area contributed by atoms with E-state index >= 15 is 0 Å². The number of phenolic OH excluding ortho intramolecular Hbond substituents is 3. The van der Waals surface area contributed by atoms with Gasteiger partial charge in [-0.1, -0.05) is 57.2 Å². The van der Waals surface area contributed by atoms with E-state index in [0.717, 1.165) is 0 Å². The smallest absolute Gasteiger partial charge is 0.756 e. The first-order valence-electron chi connectivity index (χ1n) is 33.0. The van der Waals surface area contributed by atoms with Crippen LogP contribution in [0.5, 0.6) is 17.2 Å². The van der Waals surface area contributed by atoms with Crippen molar-refractivity contribution in [2.45, 2.75) is 91.8 Å². The number of amides is 3. The van der Waals surface area contributed by atoms with Crippen LogP contribution in [-0.2, 0) is 78.7 Å². The van der Waals surface area contributed by atoms with Gasteiger partial charge >= 0.3 is 53.0 Å². The maximum atomic E-state index is 13.7. The van der Waals surface area contributed by atoms with Gasteiger partial charge in [-0.3, -0.25) is 62.4 Å². The van der Waals surface area contributed by atoms with Gasteiger partial charge in [-0.05, 0) is 94.9 Å². The number of rotatable bonds is 6. The van der Waals surface area contributed by atoms with Crippen LogP contribution in [0.4, 0.5) is 0 Å². The molecule has 3 aromatic carbocycles. The minimum Gasteiger partial charge on any atom is -0.756 e. The molecule has 24 N–H and O–H groups in total. The Kier molecular flexibility index (Phi) is 23.8. The van der Waals surface area contributed by atoms with Gasteiger partial charge in [-0.15, -0.1) is 0 Å². The molecule has 47 heteroatoms. The summed E-state index contributed by atoms with van der Waals surface area (Å²) in [4.78, 5) is 156. The summed E-state index contributed by atoms with van der Waals surface area (Å²) in [6.07, 6.45) is -4.77. The maximum absolute atomic E-state index is 13.7. The van der Waals surface area contributed by atoms with E-state index in [0.29, 0.717) is 16.7 Å². The van der Waals surface area contributed by atoms with Crippen LogP contribution in [0.1, 0.15) is 71.9 Å². The van der Waals surface area contributed by atoms with Crippen LogP contribution < -0.4 is 51.7 Å². The number of hydrogen-bond acceptors (Lipinski definition) is 36. The van der Waals surface area contributed by atoms with Crippen molar-refractivity contribution in [3.63, 3.8) is 0 Å². The molecule has 0 spiro atoms. The Morgan fingerprint density at radius 2 is 0.628 bits per heavy atom. The summed E-state index contributed by atoms with van der Waals surface area (Å²) in [5.74, 6) is -26.6. The first-order chi connectivity index (χ1) is 51.4. The fourth-order valence-corrected chi connectivity index (χ4v) is 23.0. The minimum atomic E-state index is -5.72. The second kappa shape index (κ2) is 30.2. The molecule has 13 rings (SSSR count). The van der Waals surface area contributed by atoms with Crippen LogP contribution in [-0.4, -0.2) is 254 Å². The van der Waals surface area contributed by atoms with E-state index in [-0.39, 0.29) is 63.5 Å². The van der Waals surface area contributed by atoms with Crippen molar-refractivity contribution < 1.29 is 204 Å². The molecule has 3 aromatic rings. The fourth-order valence-electron chi connectivity index (χ4n) is 17.3. The fraction of sp³-hybridized carbons (Fsp3) is 0.409. The Balaban J connectivity index is 0.000000177. The summed E-state index contributed by atoms with van der Waals surface area (Å²) >= 11 is 0. The molecule has 9 aliphatic carbocycles. The number of phosphoric acid groups is 4. The quantitative estimate of drug-likeness (QED) is 0.0627. The molecule has 4 fully saturated rings. The number of aromatic hydroxyl groups is 3. The van der Waals surface area contributed by atoms with Gasteiger partial charge in [0.15, 0.2) is 34.2 Å².